The molecular formula is C28H32N6O3. The largest absolute Gasteiger partial charge is 0.495 e. The summed E-state index contributed by atoms with van der Waals surface area (Å²) in [5, 5.41) is 8.19. The first-order chi connectivity index (χ1) is 18.2. The SMILES string of the molecule is CCCCc1nc(N2CCCN(C(=O)Nc3ccccc3OC)CC2)c2c(-c3ccccc3)noc2n1. The van der Waals surface area contributed by atoms with E-state index in [2.05, 4.69) is 22.3 Å². The minimum atomic E-state index is -0.141. The average molecular weight is 501 g/mol. The van der Waals surface area contributed by atoms with Gasteiger partial charge in [0.1, 0.15) is 28.5 Å². The second-order valence-corrected chi connectivity index (χ2v) is 9.10. The topological polar surface area (TPSA) is 96.6 Å². The van der Waals surface area contributed by atoms with E-state index in [4.69, 9.17) is 19.2 Å². The number of aryl methyl sites for hydroxylation is 1. The number of methoxy groups -OCH3 is 1. The van der Waals surface area contributed by atoms with Crippen LogP contribution in [0.3, 0.4) is 0 Å². The molecule has 1 aliphatic heterocycles. The van der Waals surface area contributed by atoms with E-state index in [9.17, 15) is 4.79 Å². The molecule has 0 unspecified atom stereocenters. The van der Waals surface area contributed by atoms with Gasteiger partial charge in [0.05, 0.1) is 12.8 Å². The fourth-order valence-corrected chi connectivity index (χ4v) is 4.62. The van der Waals surface area contributed by atoms with Crippen LogP contribution in [-0.2, 0) is 6.42 Å². The van der Waals surface area contributed by atoms with Crippen LogP contribution in [0.4, 0.5) is 16.3 Å². The van der Waals surface area contributed by atoms with Gasteiger partial charge < -0.3 is 24.4 Å². The van der Waals surface area contributed by atoms with Crippen LogP contribution in [0.25, 0.3) is 22.4 Å². The second-order valence-electron chi connectivity index (χ2n) is 9.10. The Labute approximate surface area is 216 Å². The normalized spacial score (nSPS) is 14.0. The maximum absolute atomic E-state index is 13.1. The van der Waals surface area contributed by atoms with Gasteiger partial charge >= 0.3 is 6.03 Å². The van der Waals surface area contributed by atoms with Gasteiger partial charge in [0.25, 0.3) is 5.71 Å². The molecule has 192 valence electrons. The molecule has 5 rings (SSSR count). The highest BCUT2D eigenvalue weighted by Crippen LogP contribution is 2.34. The van der Waals surface area contributed by atoms with Crippen LogP contribution >= 0.6 is 0 Å². The maximum Gasteiger partial charge on any atom is 0.322 e. The van der Waals surface area contributed by atoms with Crippen LogP contribution in [0.2, 0.25) is 0 Å². The Morgan fingerprint density at radius 2 is 1.84 bits per heavy atom. The molecule has 9 nitrogen and oxygen atoms in total. The van der Waals surface area contributed by atoms with Crippen LogP contribution < -0.4 is 15.0 Å². The second kappa shape index (κ2) is 11.3. The number of anilines is 2. The van der Waals surface area contributed by atoms with Crippen LogP contribution in [0.1, 0.15) is 32.0 Å². The molecule has 3 heterocycles. The van der Waals surface area contributed by atoms with Crippen molar-refractivity contribution in [3.8, 4) is 17.0 Å². The van der Waals surface area contributed by atoms with Gasteiger partial charge in [-0.25, -0.2) is 9.78 Å². The zero-order valence-electron chi connectivity index (χ0n) is 21.3. The minimum absolute atomic E-state index is 0.141. The number of benzene rings is 2. The number of carbonyl (C=O) groups excluding carboxylic acids is 1. The lowest BCUT2D eigenvalue weighted by molar-refractivity contribution is 0.215. The number of amides is 2. The summed E-state index contributed by atoms with van der Waals surface area (Å²) in [5.41, 5.74) is 2.86. The Kier molecular flexibility index (Phi) is 7.49. The average Bonchev–Trinajstić information content (AvgIpc) is 3.21. The van der Waals surface area contributed by atoms with Crippen molar-refractivity contribution < 1.29 is 14.1 Å². The Morgan fingerprint density at radius 1 is 1.03 bits per heavy atom. The van der Waals surface area contributed by atoms with Crippen molar-refractivity contribution >= 4 is 28.6 Å². The number of urea groups is 1. The lowest BCUT2D eigenvalue weighted by atomic mass is 10.1. The van der Waals surface area contributed by atoms with E-state index in [1.807, 2.05) is 59.5 Å². The van der Waals surface area contributed by atoms with Crippen molar-refractivity contribution in [2.75, 3.05) is 43.5 Å². The summed E-state index contributed by atoms with van der Waals surface area (Å²) in [5.74, 6) is 2.22. The van der Waals surface area contributed by atoms with Gasteiger partial charge in [-0.1, -0.05) is 61.0 Å². The minimum Gasteiger partial charge on any atom is -0.495 e. The number of unbranched alkanes of at least 4 members (excludes halogenated alkanes) is 1. The molecule has 0 bridgehead atoms. The molecule has 0 aliphatic carbocycles. The lowest BCUT2D eigenvalue weighted by Crippen LogP contribution is -2.38. The van der Waals surface area contributed by atoms with Crippen molar-refractivity contribution in [1.29, 1.82) is 0 Å². The number of nitrogens with zero attached hydrogens (tertiary/aromatic N) is 5. The number of nitrogens with one attached hydrogen (secondary N) is 1. The Bertz CT molecular complexity index is 1360. The van der Waals surface area contributed by atoms with Crippen molar-refractivity contribution in [3.63, 3.8) is 0 Å². The molecule has 2 aromatic heterocycles. The molecule has 1 fully saturated rings. The highest BCUT2D eigenvalue weighted by molar-refractivity contribution is 5.98. The van der Waals surface area contributed by atoms with Gasteiger partial charge in [0, 0.05) is 38.2 Å². The quantitative estimate of drug-likeness (QED) is 0.364. The van der Waals surface area contributed by atoms with E-state index in [-0.39, 0.29) is 6.03 Å². The summed E-state index contributed by atoms with van der Waals surface area (Å²) in [7, 11) is 1.60. The van der Waals surface area contributed by atoms with Crippen LogP contribution in [-0.4, -0.2) is 59.3 Å². The molecule has 9 heteroatoms. The zero-order chi connectivity index (χ0) is 25.6. The van der Waals surface area contributed by atoms with Gasteiger partial charge in [-0.2, -0.15) is 4.98 Å². The molecule has 0 spiro atoms. The van der Waals surface area contributed by atoms with Crippen LogP contribution in [0.15, 0.2) is 59.1 Å². The number of hydrogen-bond donors (Lipinski definition) is 1. The first-order valence-corrected chi connectivity index (χ1v) is 12.8. The lowest BCUT2D eigenvalue weighted by Gasteiger charge is -2.24. The van der Waals surface area contributed by atoms with Gasteiger partial charge in [0.2, 0.25) is 0 Å². The fraction of sp³-hybridized carbons (Fsp3) is 0.357. The van der Waals surface area contributed by atoms with Crippen LogP contribution in [0.5, 0.6) is 5.75 Å². The fourth-order valence-electron chi connectivity index (χ4n) is 4.62. The number of para-hydroxylation sites is 2. The molecule has 0 radical (unpaired) electrons. The smallest absolute Gasteiger partial charge is 0.322 e. The highest BCUT2D eigenvalue weighted by Gasteiger charge is 2.26. The summed E-state index contributed by atoms with van der Waals surface area (Å²) in [6.07, 6.45) is 3.65. The number of ether oxygens (including phenoxy) is 1. The van der Waals surface area contributed by atoms with E-state index in [1.165, 1.54) is 0 Å². The summed E-state index contributed by atoms with van der Waals surface area (Å²) in [6.45, 7) is 4.75. The summed E-state index contributed by atoms with van der Waals surface area (Å²) in [6, 6.07) is 17.3. The monoisotopic (exact) mass is 500 g/mol. The Balaban J connectivity index is 1.42. The molecule has 2 amide bonds. The van der Waals surface area contributed by atoms with Gasteiger partial charge in [-0.3, -0.25) is 0 Å². The number of aromatic nitrogens is 3. The van der Waals surface area contributed by atoms with Crippen molar-refractivity contribution in [2.24, 2.45) is 0 Å². The number of rotatable bonds is 7. The summed E-state index contributed by atoms with van der Waals surface area (Å²) in [4.78, 5) is 26.9. The van der Waals surface area contributed by atoms with Gasteiger partial charge in [0.15, 0.2) is 0 Å². The third kappa shape index (κ3) is 5.35. The predicted octanol–water partition coefficient (Wildman–Crippen LogP) is 5.38. The molecule has 1 saturated heterocycles. The third-order valence-electron chi connectivity index (χ3n) is 6.60. The molecule has 4 aromatic rings. The maximum atomic E-state index is 13.1. The summed E-state index contributed by atoms with van der Waals surface area (Å²) < 4.78 is 11.1. The molecule has 2 aromatic carbocycles. The van der Waals surface area contributed by atoms with Gasteiger partial charge in [-0.05, 0) is 25.0 Å². The Morgan fingerprint density at radius 3 is 2.65 bits per heavy atom. The standard InChI is InChI=1S/C28H32N6O3/c1-3-4-15-23-30-26(24-25(32-37-27(24)31-23)20-11-6-5-7-12-20)33-16-10-17-34(19-18-33)28(35)29-21-13-8-9-14-22(21)36-2/h5-9,11-14H,3-4,10,15-19H2,1-2H3,(H,29,35). The molecule has 1 aliphatic rings. The number of carbonyl (C=O) groups is 1. The van der Waals surface area contributed by atoms with Crippen LogP contribution in [0, 0.1) is 0 Å². The van der Waals surface area contributed by atoms with E-state index in [0.717, 1.165) is 60.5 Å². The van der Waals surface area contributed by atoms with E-state index in [1.54, 1.807) is 7.11 Å². The van der Waals surface area contributed by atoms with Crippen molar-refractivity contribution in [3.05, 3.63) is 60.4 Å². The molecular weight excluding hydrogens is 468 g/mol. The highest BCUT2D eigenvalue weighted by atomic mass is 16.5. The van der Waals surface area contributed by atoms with Gasteiger partial charge in [-0.15, -0.1) is 0 Å². The molecule has 37 heavy (non-hydrogen) atoms. The first kappa shape index (κ1) is 24.5. The summed E-state index contributed by atoms with van der Waals surface area (Å²) >= 11 is 0. The number of fused-ring (bicyclic) bond motifs is 1. The van der Waals surface area contributed by atoms with E-state index in [0.29, 0.717) is 36.8 Å². The van der Waals surface area contributed by atoms with E-state index >= 15 is 0 Å². The first-order valence-electron chi connectivity index (χ1n) is 12.8. The Hall–Kier alpha value is -4.14. The molecule has 0 atom stereocenters. The molecule has 1 N–H and O–H groups in total. The number of hydrogen-bond acceptors (Lipinski definition) is 7. The van der Waals surface area contributed by atoms with E-state index < -0.39 is 0 Å². The van der Waals surface area contributed by atoms with Crippen molar-refractivity contribution in [2.45, 2.75) is 32.6 Å². The predicted molar refractivity (Wildman–Crippen MR) is 144 cm³/mol. The third-order valence-corrected chi connectivity index (χ3v) is 6.60. The van der Waals surface area contributed by atoms with Crippen molar-refractivity contribution in [1.82, 2.24) is 20.0 Å². The zero-order valence-corrected chi connectivity index (χ0v) is 21.3. The molecule has 0 saturated carbocycles.